The number of hydrogen-bond acceptors (Lipinski definition) is 22. The second kappa shape index (κ2) is 43.2. The fourth-order valence-electron chi connectivity index (χ4n) is 10.8. The van der Waals surface area contributed by atoms with Crippen molar-refractivity contribution >= 4 is 129 Å². The number of thiophene rings is 1. The first-order chi connectivity index (χ1) is 53.0. The number of alkyl carbamates (subject to hydrolysis) is 3. The number of thiazole rings is 3. The van der Waals surface area contributed by atoms with E-state index in [0.717, 1.165) is 67.5 Å². The highest BCUT2D eigenvalue weighted by Crippen LogP contribution is 2.32. The van der Waals surface area contributed by atoms with Gasteiger partial charge in [0.2, 0.25) is 17.7 Å². The Morgan fingerprint density at radius 2 is 0.732 bits per heavy atom. The number of anilines is 3. The summed E-state index contributed by atoms with van der Waals surface area (Å²) in [6.45, 7) is 3.98. The Hall–Kier alpha value is -10.7. The predicted octanol–water partition coefficient (Wildman–Crippen LogP) is 11.7. The van der Waals surface area contributed by atoms with Crippen LogP contribution in [0.4, 0.5) is 31.4 Å². The Bertz CT molecular complexity index is 4810. The number of nitrogens with one attached hydrogen (secondary N) is 9. The van der Waals surface area contributed by atoms with E-state index in [4.69, 9.17) is 32.9 Å². The van der Waals surface area contributed by atoms with Crippen LogP contribution in [-0.2, 0) is 111 Å². The van der Waals surface area contributed by atoms with Crippen LogP contribution < -0.4 is 46.1 Å². The van der Waals surface area contributed by atoms with Gasteiger partial charge < -0.3 is 46.1 Å². The van der Waals surface area contributed by atoms with Crippen molar-refractivity contribution in [1.29, 1.82) is 0 Å². The molecular weight excluding hydrogens is 1580 g/mol. The van der Waals surface area contributed by atoms with Crippen LogP contribution in [0.3, 0.4) is 0 Å². The number of nitrogens with zero attached hydrogens (tertiary/aromatic N) is 3. The summed E-state index contributed by atoms with van der Waals surface area (Å²) in [4.78, 5) is 91.2. The van der Waals surface area contributed by atoms with Gasteiger partial charge in [-0.25, -0.2) is 29.3 Å². The van der Waals surface area contributed by atoms with Gasteiger partial charge in [-0.15, -0.1) is 45.3 Å². The number of carbonyl (C=O) groups excluding carboxylic acids is 6. The standard InChI is InChI=1S/C26H26N4O6S3.2C24H28N4O6S2.CH4/c1-36-26(32)29-20(14-17-6-3-2-4-7-17)24(31)27-21(25-28-22(16-38-25)23-8-5-13-37-23)15-18-9-11-19(12-10-18)30-39(33,34)35;1-3-22-25-21(15-35-22)19(13-17-9-11-18(12-10-17)28-36(31,32)33)26-23(29)20(27-24(30)34-2)14-16-7-5-4-6-8-16;1-3-18-15-35-23(25-18)21(14-17-9-11-19(12-10-17)28-36(31,32)33)26-22(29)20(27-24(30)34-2)13-16-7-5-4-6-8-16;/h2-13,16,20-21,30H,14-15H2,1H3,(H,27,31)(H,29,32)(H,33,34,35);4-12,15,19-20,28H,3,13-14H2,1-2H3,(H,26,29)(H,27,30)(H,31,32,33);4-12,15,20-21,28H,3,13-14H2,1-2H3,(H,26,29)(H,27,30)(H,31,32,33);1H4/t20-,21-;19-,20-;20-,21-;/m000./s1. The lowest BCUT2D eigenvalue weighted by molar-refractivity contribution is -0.124. The highest BCUT2D eigenvalue weighted by molar-refractivity contribution is 7.87. The number of aromatic nitrogens is 3. The van der Waals surface area contributed by atoms with E-state index in [1.807, 2.05) is 153 Å². The normalized spacial score (nSPS) is 12.7. The number of benzene rings is 6. The molecule has 6 amide bonds. The molecule has 10 rings (SSSR count). The molecule has 0 spiro atoms. The lowest BCUT2D eigenvalue weighted by Gasteiger charge is -2.23. The minimum Gasteiger partial charge on any atom is -0.453 e. The fraction of sp³-hybridized carbons (Fsp3) is 0.267. The van der Waals surface area contributed by atoms with Gasteiger partial charge in [0.25, 0.3) is 0 Å². The first kappa shape index (κ1) is 88.5. The molecule has 4 aromatic heterocycles. The molecule has 0 radical (unpaired) electrons. The summed E-state index contributed by atoms with van der Waals surface area (Å²) in [5, 5.41) is 26.9. The van der Waals surface area contributed by atoms with Gasteiger partial charge >= 0.3 is 49.2 Å². The van der Waals surface area contributed by atoms with Gasteiger partial charge in [0.15, 0.2) is 0 Å². The predicted molar refractivity (Wildman–Crippen MR) is 432 cm³/mol. The summed E-state index contributed by atoms with van der Waals surface area (Å²) >= 11 is 5.88. The van der Waals surface area contributed by atoms with E-state index in [2.05, 4.69) is 41.9 Å². The Labute approximate surface area is 665 Å². The lowest BCUT2D eigenvalue weighted by Crippen LogP contribution is -2.49. The smallest absolute Gasteiger partial charge is 0.407 e. The largest absolute Gasteiger partial charge is 0.453 e. The van der Waals surface area contributed by atoms with Gasteiger partial charge in [0.1, 0.15) is 28.1 Å². The third-order valence-corrected chi connectivity index (χ3v) is 21.5. The average Bonchev–Trinajstić information content (AvgIpc) is 1.64. The molecule has 0 saturated carbocycles. The number of hydrogen-bond donors (Lipinski definition) is 12. The molecule has 0 aliphatic carbocycles. The van der Waals surface area contributed by atoms with Crippen molar-refractivity contribution in [2.24, 2.45) is 0 Å². The molecule has 596 valence electrons. The Balaban J connectivity index is 0.000000232. The van der Waals surface area contributed by atoms with Crippen molar-refractivity contribution in [3.05, 3.63) is 257 Å². The van der Waals surface area contributed by atoms with Gasteiger partial charge in [0.05, 0.1) is 83.5 Å². The zero-order valence-electron chi connectivity index (χ0n) is 60.3. The average molecular weight is 1670 g/mol. The van der Waals surface area contributed by atoms with E-state index < -0.39 is 103 Å². The van der Waals surface area contributed by atoms with E-state index in [-0.39, 0.29) is 43.8 Å². The maximum Gasteiger partial charge on any atom is 0.407 e. The van der Waals surface area contributed by atoms with E-state index in [9.17, 15) is 54.0 Å². The quantitative estimate of drug-likeness (QED) is 0.0134. The first-order valence-electron chi connectivity index (χ1n) is 34.0. The molecule has 10 aromatic rings. The van der Waals surface area contributed by atoms with Gasteiger partial charge in [-0.3, -0.25) is 42.2 Å². The van der Waals surface area contributed by atoms with Crippen LogP contribution in [-0.4, -0.2) is 129 Å². The summed E-state index contributed by atoms with van der Waals surface area (Å²) in [5.74, 6) is -1.20. The highest BCUT2D eigenvalue weighted by Gasteiger charge is 2.31. The molecule has 0 aliphatic heterocycles. The van der Waals surface area contributed by atoms with Crippen LogP contribution >= 0.6 is 45.3 Å². The van der Waals surface area contributed by atoms with Gasteiger partial charge in [-0.2, -0.15) is 25.3 Å². The molecule has 0 saturated heterocycles. The number of ether oxygens (including phenoxy) is 3. The minimum absolute atomic E-state index is 0. The molecule has 4 heterocycles. The second-order valence-electron chi connectivity index (χ2n) is 24.4. The molecule has 0 bridgehead atoms. The summed E-state index contributed by atoms with van der Waals surface area (Å²) < 4.78 is 114. The number of aryl methyl sites for hydroxylation is 2. The van der Waals surface area contributed by atoms with Crippen LogP contribution in [0.25, 0.3) is 10.6 Å². The van der Waals surface area contributed by atoms with Crippen molar-refractivity contribution in [2.45, 2.75) is 109 Å². The number of methoxy groups -OCH3 is 3. The fourth-order valence-corrected chi connectivity index (χ4v) is 15.5. The van der Waals surface area contributed by atoms with E-state index in [1.165, 1.54) is 91.7 Å². The van der Waals surface area contributed by atoms with Crippen molar-refractivity contribution < 1.29 is 81.9 Å². The Morgan fingerprint density at radius 3 is 1.05 bits per heavy atom. The first-order valence-corrected chi connectivity index (χ1v) is 41.8. The molecule has 0 unspecified atom stereocenters. The molecule has 0 fully saturated rings. The van der Waals surface area contributed by atoms with Gasteiger partial charge in [0, 0.05) is 35.4 Å². The van der Waals surface area contributed by atoms with Crippen LogP contribution in [0, 0.1) is 0 Å². The van der Waals surface area contributed by atoms with Crippen molar-refractivity contribution in [3.8, 4) is 10.6 Å². The third-order valence-electron chi connectivity index (χ3n) is 16.2. The van der Waals surface area contributed by atoms with Crippen LogP contribution in [0.2, 0.25) is 0 Å². The SMILES string of the molecule is C.CCc1csc([C@H](Cc2ccc(NS(=O)(=O)O)cc2)NC(=O)[C@H](Cc2ccccc2)NC(=O)OC)n1.CCc1nc([C@H](Cc2ccc(NS(=O)(=O)O)cc2)NC(=O)[C@H](Cc2ccccc2)NC(=O)OC)cs1.COC(=O)N[C@@H](Cc1ccccc1)C(=O)N[C@@H](Cc1ccc(NS(=O)(=O)O)cc1)c1nc(-c2cccs2)cs1. The van der Waals surface area contributed by atoms with Gasteiger partial charge in [-0.1, -0.05) is 155 Å². The van der Waals surface area contributed by atoms with Crippen LogP contribution in [0.1, 0.15) is 99.2 Å². The Kier molecular flexibility index (Phi) is 34.1. The second-order valence-corrected chi connectivity index (χ2v) is 31.5. The topological polar surface area (TPSA) is 440 Å². The van der Waals surface area contributed by atoms with Crippen LogP contribution in [0.15, 0.2) is 197 Å². The van der Waals surface area contributed by atoms with E-state index >= 15 is 0 Å². The summed E-state index contributed by atoms with van der Waals surface area (Å²) in [5.41, 5.74) is 7.97. The third kappa shape index (κ3) is 30.2. The molecule has 0 aliphatic rings. The number of amides is 6. The van der Waals surface area contributed by atoms with Crippen molar-refractivity contribution in [1.82, 2.24) is 46.9 Å². The molecule has 12 N–H and O–H groups in total. The maximum absolute atomic E-state index is 13.5. The zero-order chi connectivity index (χ0) is 80.1. The minimum atomic E-state index is -4.40. The van der Waals surface area contributed by atoms with Crippen molar-refractivity contribution in [3.63, 3.8) is 0 Å². The van der Waals surface area contributed by atoms with Crippen LogP contribution in [0.5, 0.6) is 0 Å². The Morgan fingerprint density at radius 1 is 0.384 bits per heavy atom. The maximum atomic E-state index is 13.5. The summed E-state index contributed by atoms with van der Waals surface area (Å²) in [7, 11) is -9.46. The molecule has 30 nitrogen and oxygen atoms in total. The zero-order valence-corrected chi connectivity index (χ0v) is 66.1. The molecule has 6 aromatic carbocycles. The number of carbonyl (C=O) groups is 6. The summed E-state index contributed by atoms with van der Waals surface area (Å²) in [6, 6.07) is 46.8. The van der Waals surface area contributed by atoms with Gasteiger partial charge in [-0.05, 0) is 113 Å². The van der Waals surface area contributed by atoms with E-state index in [1.54, 1.807) is 47.7 Å². The molecule has 112 heavy (non-hydrogen) atoms. The monoisotopic (exact) mass is 1670 g/mol. The highest BCUT2D eigenvalue weighted by atomic mass is 32.2. The summed E-state index contributed by atoms with van der Waals surface area (Å²) in [6.07, 6.45) is 1.19. The molecule has 6 atom stereocenters. The number of rotatable bonds is 33. The van der Waals surface area contributed by atoms with E-state index in [0.29, 0.717) is 35.0 Å². The lowest BCUT2D eigenvalue weighted by atomic mass is 10.0. The molecular formula is C75H86N12O18S7. The van der Waals surface area contributed by atoms with Crippen molar-refractivity contribution in [2.75, 3.05) is 35.5 Å². The molecule has 37 heteroatoms.